The Morgan fingerprint density at radius 2 is 1.14 bits per heavy atom. The first-order valence-corrected chi connectivity index (χ1v) is 19.0. The average Bonchev–Trinajstić information content (AvgIpc) is 3.48. The second kappa shape index (κ2) is 10.4. The second-order valence-electron chi connectivity index (χ2n) is 10.9. The van der Waals surface area contributed by atoms with Gasteiger partial charge < -0.3 is 0 Å². The summed E-state index contributed by atoms with van der Waals surface area (Å²) in [5, 5.41) is 7.57. The zero-order valence-electron chi connectivity index (χ0n) is 23.1. The van der Waals surface area contributed by atoms with E-state index in [2.05, 4.69) is 142 Å². The van der Waals surface area contributed by atoms with Gasteiger partial charge in [-0.25, -0.2) is 0 Å². The van der Waals surface area contributed by atoms with Crippen LogP contribution in [0.3, 0.4) is 0 Å². The van der Waals surface area contributed by atoms with Crippen molar-refractivity contribution >= 4 is 68.2 Å². The molecule has 9 rings (SSSR count). The Labute approximate surface area is 270 Å². The molecule has 0 unspecified atom stereocenters. The molecule has 0 spiro atoms. The van der Waals surface area contributed by atoms with E-state index < -0.39 is 0 Å². The zero-order chi connectivity index (χ0) is 28.3. The predicted octanol–water partition coefficient (Wildman–Crippen LogP) is 7.69. The van der Waals surface area contributed by atoms with Crippen LogP contribution in [-0.4, -0.2) is 9.00 Å². The molecule has 0 radical (unpaired) electrons. The van der Waals surface area contributed by atoms with Gasteiger partial charge in [0.2, 0.25) is 0 Å². The number of hydrogen-bond donors (Lipinski definition) is 0. The topological polar surface area (TPSA) is 12.9 Å². The maximum absolute atomic E-state index is 5.03. The Morgan fingerprint density at radius 1 is 0.512 bits per heavy atom. The third-order valence-corrected chi connectivity index (χ3v) is 13.8. The first-order valence-electron chi connectivity index (χ1n) is 14.4. The van der Waals surface area contributed by atoms with Gasteiger partial charge in [-0.1, -0.05) is 6.07 Å². The number of hydrogen-bond acceptors (Lipinski definition) is 1. The molecule has 0 bridgehead atoms. The van der Waals surface area contributed by atoms with Crippen LogP contribution in [0, 0.1) is 3.57 Å². The van der Waals surface area contributed by atoms with E-state index in [0.717, 1.165) is 11.3 Å². The van der Waals surface area contributed by atoms with Crippen LogP contribution in [0.15, 0.2) is 141 Å². The summed E-state index contributed by atoms with van der Waals surface area (Å²) in [6, 6.07) is 46.7. The van der Waals surface area contributed by atoms with E-state index in [1.54, 1.807) is 7.15 Å². The normalized spacial score (nSPS) is 14.3. The molecule has 0 amide bonds. The van der Waals surface area contributed by atoms with Crippen LogP contribution in [0.2, 0.25) is 0 Å². The van der Waals surface area contributed by atoms with E-state index in [-0.39, 0.29) is 41.9 Å². The Hall–Kier alpha value is -3.94. The number of pyridine rings is 1. The number of fused-ring (bicyclic) bond motifs is 8. The molecule has 0 saturated carbocycles. The standard InChI is InChI=1S/C40H24I2N/c1-2-10-25(11-3-1)35-22-41-23-36-33-19-9-18-28(39(33)42-40(35)36)26-12-8-13-27(20-26)38-21-34-31-16-6-4-14-29(31)30-15-5-7-17-32(30)37(34)24-43-38/h1-24H/q-1. The van der Waals surface area contributed by atoms with Gasteiger partial charge in [0.15, 0.2) is 0 Å². The van der Waals surface area contributed by atoms with Crippen LogP contribution >= 0.6 is 20.7 Å². The van der Waals surface area contributed by atoms with Gasteiger partial charge in [0.05, 0.1) is 0 Å². The fourth-order valence-corrected chi connectivity index (χ4v) is 13.4. The fraction of sp³-hybridized carbons (Fsp3) is 0. The molecule has 2 aliphatic rings. The Bertz CT molecular complexity index is 2330. The van der Waals surface area contributed by atoms with Crippen LogP contribution in [0.5, 0.6) is 0 Å². The molecule has 204 valence electrons. The molecule has 7 aromatic rings. The Balaban J connectivity index is 1.15. The summed E-state index contributed by atoms with van der Waals surface area (Å²) in [5.41, 5.74) is 10.6. The van der Waals surface area contributed by atoms with Crippen molar-refractivity contribution in [2.45, 2.75) is 0 Å². The minimum atomic E-state index is -0.297. The average molecular weight is 772 g/mol. The summed E-state index contributed by atoms with van der Waals surface area (Å²) in [6.07, 6.45) is 2.08. The Kier molecular flexibility index (Phi) is 6.15. The first kappa shape index (κ1) is 25.5. The van der Waals surface area contributed by atoms with Crippen molar-refractivity contribution in [3.63, 3.8) is 0 Å². The van der Waals surface area contributed by atoms with Gasteiger partial charge in [-0.2, -0.15) is 0 Å². The molecular weight excluding hydrogens is 748 g/mol. The van der Waals surface area contributed by atoms with Gasteiger partial charge in [0, 0.05) is 0 Å². The van der Waals surface area contributed by atoms with E-state index in [0.29, 0.717) is 0 Å². The maximum atomic E-state index is 5.03. The van der Waals surface area contributed by atoms with Crippen molar-refractivity contribution in [1.82, 2.24) is 4.98 Å². The van der Waals surface area contributed by atoms with Gasteiger partial charge in [-0.15, -0.1) is 0 Å². The number of allylic oxidation sites excluding steroid dienone is 3. The number of nitrogens with zero attached hydrogens (tertiary/aromatic N) is 1. The third-order valence-electron chi connectivity index (χ3n) is 8.48. The molecule has 0 atom stereocenters. The van der Waals surface area contributed by atoms with Crippen molar-refractivity contribution in [2.75, 3.05) is 0 Å². The van der Waals surface area contributed by atoms with Crippen LogP contribution in [0.25, 0.3) is 65.8 Å². The van der Waals surface area contributed by atoms with Crippen molar-refractivity contribution in [2.24, 2.45) is 0 Å². The van der Waals surface area contributed by atoms with E-state index in [9.17, 15) is 0 Å². The van der Waals surface area contributed by atoms with Gasteiger partial charge in [0.1, 0.15) is 0 Å². The van der Waals surface area contributed by atoms with Crippen LogP contribution in [0.1, 0.15) is 11.1 Å². The molecule has 0 aliphatic carbocycles. The summed E-state index contributed by atoms with van der Waals surface area (Å²) >= 11 is -0.385. The van der Waals surface area contributed by atoms with Gasteiger partial charge >= 0.3 is 267 Å². The van der Waals surface area contributed by atoms with Crippen LogP contribution in [-0.2, 0) is 0 Å². The van der Waals surface area contributed by atoms with Crippen LogP contribution in [0.4, 0.5) is 0 Å². The summed E-state index contributed by atoms with van der Waals surface area (Å²) in [6.45, 7) is 0. The van der Waals surface area contributed by atoms with Gasteiger partial charge in [-0.05, 0) is 0 Å². The molecule has 1 nitrogen and oxygen atoms in total. The number of rotatable bonds is 3. The molecule has 6 aromatic carbocycles. The summed E-state index contributed by atoms with van der Waals surface area (Å²) in [4.78, 5) is 5.03. The number of benzene rings is 6. The molecular formula is C40H24I2N-. The van der Waals surface area contributed by atoms with Gasteiger partial charge in [0.25, 0.3) is 0 Å². The third kappa shape index (κ3) is 4.16. The Morgan fingerprint density at radius 3 is 1.93 bits per heavy atom. The number of halogens is 2. The first-order chi connectivity index (χ1) is 21.3. The summed E-state index contributed by atoms with van der Waals surface area (Å²) in [5.74, 6) is 0. The fourth-order valence-electron chi connectivity index (χ4n) is 6.45. The summed E-state index contributed by atoms with van der Waals surface area (Å²) in [7, 11) is 0. The van der Waals surface area contributed by atoms with Crippen molar-refractivity contribution in [3.8, 4) is 22.4 Å². The summed E-state index contributed by atoms with van der Waals surface area (Å²) < 4.78 is 8.21. The quantitative estimate of drug-likeness (QED) is 0.133. The van der Waals surface area contributed by atoms with Gasteiger partial charge in [-0.3, -0.25) is 0 Å². The predicted molar refractivity (Wildman–Crippen MR) is 188 cm³/mol. The van der Waals surface area contributed by atoms with Crippen molar-refractivity contribution in [1.29, 1.82) is 0 Å². The van der Waals surface area contributed by atoms with E-state index in [1.165, 1.54) is 65.7 Å². The SMILES string of the molecule is C1=IC=C(c2ccccc2)C2=C1c1cccc(-c3cccc(-c4cc5c6ccccc6c6ccccc6c5cn4)c3)c1[I-]2. The molecule has 0 saturated heterocycles. The number of aromatic nitrogens is 1. The molecule has 2 aliphatic heterocycles. The van der Waals surface area contributed by atoms with E-state index in [1.807, 2.05) is 0 Å². The van der Waals surface area contributed by atoms with E-state index in [4.69, 9.17) is 4.98 Å². The van der Waals surface area contributed by atoms with E-state index >= 15 is 0 Å². The molecule has 0 fully saturated rings. The molecule has 3 heteroatoms. The monoisotopic (exact) mass is 772 g/mol. The molecule has 43 heavy (non-hydrogen) atoms. The zero-order valence-corrected chi connectivity index (χ0v) is 27.4. The minimum absolute atomic E-state index is 0.0877. The molecule has 0 N–H and O–H groups in total. The van der Waals surface area contributed by atoms with Crippen molar-refractivity contribution in [3.05, 3.63) is 156 Å². The second-order valence-corrected chi connectivity index (χ2v) is 15.6. The molecule has 1 aromatic heterocycles. The van der Waals surface area contributed by atoms with Crippen molar-refractivity contribution < 1.29 is 21.2 Å². The van der Waals surface area contributed by atoms with Crippen LogP contribution < -0.4 is 21.2 Å². The molecule has 3 heterocycles.